The maximum Gasteiger partial charge on any atom is 0.236 e. The van der Waals surface area contributed by atoms with Crippen molar-refractivity contribution in [2.45, 2.75) is 64.3 Å². The Kier molecular flexibility index (Phi) is 8.34. The maximum absolute atomic E-state index is 12.6. The molecule has 2 heterocycles. The van der Waals surface area contributed by atoms with Gasteiger partial charge in [0.25, 0.3) is 0 Å². The van der Waals surface area contributed by atoms with Crippen LogP contribution in [0.4, 0.5) is 0 Å². The first kappa shape index (κ1) is 21.3. The van der Waals surface area contributed by atoms with Crippen molar-refractivity contribution in [3.8, 4) is 0 Å². The number of hydrogen-bond acceptors (Lipinski definition) is 4. The molecule has 28 heavy (non-hydrogen) atoms. The van der Waals surface area contributed by atoms with Crippen LogP contribution in [0.3, 0.4) is 0 Å². The van der Waals surface area contributed by atoms with Crippen molar-refractivity contribution >= 4 is 11.8 Å². The van der Waals surface area contributed by atoms with Gasteiger partial charge in [0, 0.05) is 45.3 Å². The first-order valence-corrected chi connectivity index (χ1v) is 11.3. The smallest absolute Gasteiger partial charge is 0.236 e. The summed E-state index contributed by atoms with van der Waals surface area (Å²) in [5.74, 6) is 0.401. The molecule has 158 valence electrons. The van der Waals surface area contributed by atoms with Crippen LogP contribution in [0.15, 0.2) is 11.6 Å². The summed E-state index contributed by atoms with van der Waals surface area (Å²) < 4.78 is 0. The molecule has 1 unspecified atom stereocenters. The van der Waals surface area contributed by atoms with E-state index in [0.717, 1.165) is 58.5 Å². The zero-order chi connectivity index (χ0) is 19.8. The third kappa shape index (κ3) is 6.59. The van der Waals surface area contributed by atoms with Gasteiger partial charge >= 0.3 is 0 Å². The van der Waals surface area contributed by atoms with Crippen LogP contribution in [-0.4, -0.2) is 84.9 Å². The molecule has 0 radical (unpaired) electrons. The summed E-state index contributed by atoms with van der Waals surface area (Å²) in [5.41, 5.74) is 1.51. The Morgan fingerprint density at radius 1 is 1.00 bits per heavy atom. The first-order valence-electron chi connectivity index (χ1n) is 11.3. The van der Waals surface area contributed by atoms with Gasteiger partial charge < -0.3 is 10.2 Å². The van der Waals surface area contributed by atoms with Crippen molar-refractivity contribution < 1.29 is 9.59 Å². The SMILES string of the molecule is CC1CCCCN1C(=O)CN1CCN(CC(=O)NCCC2=CCCCC2)CC1. The lowest BCUT2D eigenvalue weighted by Gasteiger charge is -2.37. The molecule has 0 spiro atoms. The number of allylic oxidation sites excluding steroid dienone is 1. The van der Waals surface area contributed by atoms with E-state index < -0.39 is 0 Å². The number of piperidine rings is 1. The van der Waals surface area contributed by atoms with E-state index >= 15 is 0 Å². The van der Waals surface area contributed by atoms with Gasteiger partial charge in [-0.25, -0.2) is 0 Å². The van der Waals surface area contributed by atoms with Crippen LogP contribution in [-0.2, 0) is 9.59 Å². The number of piperazine rings is 1. The second kappa shape index (κ2) is 11.0. The quantitative estimate of drug-likeness (QED) is 0.676. The molecular formula is C22H38N4O2. The van der Waals surface area contributed by atoms with Crippen molar-refractivity contribution in [2.75, 3.05) is 52.4 Å². The molecule has 0 bridgehead atoms. The van der Waals surface area contributed by atoms with Gasteiger partial charge in [0.05, 0.1) is 13.1 Å². The van der Waals surface area contributed by atoms with Crippen LogP contribution in [0, 0.1) is 0 Å². The minimum atomic E-state index is 0.128. The molecule has 0 aromatic rings. The first-order chi connectivity index (χ1) is 13.6. The number of nitrogens with one attached hydrogen (secondary N) is 1. The van der Waals surface area contributed by atoms with Gasteiger partial charge in [0.2, 0.25) is 11.8 Å². The van der Waals surface area contributed by atoms with Crippen LogP contribution >= 0.6 is 0 Å². The molecule has 0 aromatic carbocycles. The zero-order valence-corrected chi connectivity index (χ0v) is 17.6. The van der Waals surface area contributed by atoms with E-state index in [2.05, 4.69) is 33.0 Å². The second-order valence-corrected chi connectivity index (χ2v) is 8.69. The predicted molar refractivity (Wildman–Crippen MR) is 112 cm³/mol. The predicted octanol–water partition coefficient (Wildman–Crippen LogP) is 2.01. The normalized spacial score (nSPS) is 24.7. The van der Waals surface area contributed by atoms with Gasteiger partial charge in [-0.1, -0.05) is 11.6 Å². The topological polar surface area (TPSA) is 55.9 Å². The largest absolute Gasteiger partial charge is 0.355 e. The van der Waals surface area contributed by atoms with Crippen molar-refractivity contribution in [3.05, 3.63) is 11.6 Å². The number of nitrogens with zero attached hydrogens (tertiary/aromatic N) is 3. The summed E-state index contributed by atoms with van der Waals surface area (Å²) >= 11 is 0. The molecule has 6 nitrogen and oxygen atoms in total. The highest BCUT2D eigenvalue weighted by Gasteiger charge is 2.26. The highest BCUT2D eigenvalue weighted by atomic mass is 16.2. The number of amides is 2. The third-order valence-electron chi connectivity index (χ3n) is 6.47. The molecule has 6 heteroatoms. The van der Waals surface area contributed by atoms with E-state index in [1.807, 2.05) is 0 Å². The standard InChI is InChI=1S/C22H38N4O2/c1-19-7-5-6-12-26(19)22(28)18-25-15-13-24(14-16-25)17-21(27)23-11-10-20-8-3-2-4-9-20/h8,19H,2-7,9-18H2,1H3,(H,23,27). The fourth-order valence-electron chi connectivity index (χ4n) is 4.61. The van der Waals surface area contributed by atoms with E-state index in [0.29, 0.717) is 19.1 Å². The lowest BCUT2D eigenvalue weighted by molar-refractivity contribution is -0.136. The minimum absolute atomic E-state index is 0.128. The van der Waals surface area contributed by atoms with Crippen molar-refractivity contribution in [1.29, 1.82) is 0 Å². The van der Waals surface area contributed by atoms with Gasteiger partial charge in [-0.2, -0.15) is 0 Å². The molecule has 0 aromatic heterocycles. The van der Waals surface area contributed by atoms with Gasteiger partial charge in [0.1, 0.15) is 0 Å². The molecule has 1 atom stereocenters. The second-order valence-electron chi connectivity index (χ2n) is 8.69. The summed E-state index contributed by atoms with van der Waals surface area (Å²) in [4.78, 5) is 31.3. The van der Waals surface area contributed by atoms with Crippen LogP contribution < -0.4 is 5.32 Å². The lowest BCUT2D eigenvalue weighted by Crippen LogP contribution is -2.53. The lowest BCUT2D eigenvalue weighted by atomic mass is 9.97. The average Bonchev–Trinajstić information content (AvgIpc) is 2.70. The third-order valence-corrected chi connectivity index (χ3v) is 6.47. The number of rotatable bonds is 7. The summed E-state index contributed by atoms with van der Waals surface area (Å²) in [6.07, 6.45) is 11.9. The Hall–Kier alpha value is -1.40. The fourth-order valence-corrected chi connectivity index (χ4v) is 4.61. The number of carbonyl (C=O) groups excluding carboxylic acids is 2. The van der Waals surface area contributed by atoms with Gasteiger partial charge in [-0.3, -0.25) is 19.4 Å². The molecule has 3 rings (SSSR count). The van der Waals surface area contributed by atoms with E-state index in [4.69, 9.17) is 0 Å². The van der Waals surface area contributed by atoms with Crippen LogP contribution in [0.1, 0.15) is 58.3 Å². The Morgan fingerprint density at radius 2 is 1.75 bits per heavy atom. The molecular weight excluding hydrogens is 352 g/mol. The Balaban J connectivity index is 1.29. The van der Waals surface area contributed by atoms with Crippen LogP contribution in [0.2, 0.25) is 0 Å². The Morgan fingerprint density at radius 3 is 2.43 bits per heavy atom. The van der Waals surface area contributed by atoms with Crippen molar-refractivity contribution in [1.82, 2.24) is 20.0 Å². The Labute approximate surface area is 170 Å². The van der Waals surface area contributed by atoms with Crippen molar-refractivity contribution in [2.24, 2.45) is 0 Å². The molecule has 2 amide bonds. The van der Waals surface area contributed by atoms with E-state index in [9.17, 15) is 9.59 Å². The molecule has 1 aliphatic carbocycles. The molecule has 2 aliphatic heterocycles. The van der Waals surface area contributed by atoms with Crippen molar-refractivity contribution in [3.63, 3.8) is 0 Å². The highest BCUT2D eigenvalue weighted by Crippen LogP contribution is 2.19. The number of likely N-dealkylation sites (tertiary alicyclic amines) is 1. The van der Waals surface area contributed by atoms with Crippen LogP contribution in [0.25, 0.3) is 0 Å². The van der Waals surface area contributed by atoms with E-state index in [1.165, 1.54) is 37.7 Å². The van der Waals surface area contributed by atoms with Crippen LogP contribution in [0.5, 0.6) is 0 Å². The fraction of sp³-hybridized carbons (Fsp3) is 0.818. The highest BCUT2D eigenvalue weighted by molar-refractivity contribution is 5.79. The number of carbonyl (C=O) groups is 2. The minimum Gasteiger partial charge on any atom is -0.355 e. The summed E-state index contributed by atoms with van der Waals surface area (Å²) in [7, 11) is 0. The van der Waals surface area contributed by atoms with Gasteiger partial charge in [0.15, 0.2) is 0 Å². The molecule has 0 saturated carbocycles. The molecule has 2 saturated heterocycles. The monoisotopic (exact) mass is 390 g/mol. The van der Waals surface area contributed by atoms with Gasteiger partial charge in [-0.05, 0) is 58.3 Å². The van der Waals surface area contributed by atoms with E-state index in [-0.39, 0.29) is 11.8 Å². The summed E-state index contributed by atoms with van der Waals surface area (Å²) in [5, 5.41) is 3.07. The molecule has 1 N–H and O–H groups in total. The molecule has 2 fully saturated rings. The molecule has 3 aliphatic rings. The van der Waals surface area contributed by atoms with E-state index in [1.54, 1.807) is 0 Å². The van der Waals surface area contributed by atoms with Gasteiger partial charge in [-0.15, -0.1) is 0 Å². The summed E-state index contributed by atoms with van der Waals surface area (Å²) in [6, 6.07) is 0.385. The number of hydrogen-bond donors (Lipinski definition) is 1. The zero-order valence-electron chi connectivity index (χ0n) is 17.6. The maximum atomic E-state index is 12.6. The average molecular weight is 391 g/mol. The Bertz CT molecular complexity index is 555. The summed E-state index contributed by atoms with van der Waals surface area (Å²) in [6.45, 7) is 8.30.